The van der Waals surface area contributed by atoms with Crippen molar-refractivity contribution >= 4 is 5.69 Å². The molecule has 0 aliphatic heterocycles. The predicted octanol–water partition coefficient (Wildman–Crippen LogP) is 2.75. The summed E-state index contributed by atoms with van der Waals surface area (Å²) >= 11 is 0. The number of hydrogen-bond acceptors (Lipinski definition) is 3. The van der Waals surface area contributed by atoms with E-state index < -0.39 is 6.10 Å². The second kappa shape index (κ2) is 5.56. The average molecular weight is 243 g/mol. The number of benzene rings is 2. The summed E-state index contributed by atoms with van der Waals surface area (Å²) in [5.74, 6) is 0.691. The number of nitrogens with two attached hydrogens (primary N) is 1. The van der Waals surface area contributed by atoms with Crippen LogP contribution in [0.5, 0.6) is 5.75 Å². The highest BCUT2D eigenvalue weighted by atomic mass is 16.5. The van der Waals surface area contributed by atoms with E-state index in [1.807, 2.05) is 49.4 Å². The van der Waals surface area contributed by atoms with Crippen LogP contribution in [0.4, 0.5) is 5.69 Å². The monoisotopic (exact) mass is 243 g/mol. The smallest absolute Gasteiger partial charge is 0.125 e. The van der Waals surface area contributed by atoms with Crippen molar-refractivity contribution in [3.05, 3.63) is 59.7 Å². The predicted molar refractivity (Wildman–Crippen MR) is 72.5 cm³/mol. The van der Waals surface area contributed by atoms with E-state index in [1.165, 1.54) is 0 Å². The van der Waals surface area contributed by atoms with Crippen molar-refractivity contribution in [3.63, 3.8) is 0 Å². The van der Waals surface area contributed by atoms with Crippen LogP contribution in [-0.2, 0) is 0 Å². The van der Waals surface area contributed by atoms with Gasteiger partial charge in [-0.25, -0.2) is 0 Å². The van der Waals surface area contributed by atoms with Gasteiger partial charge in [0.05, 0.1) is 6.61 Å². The Morgan fingerprint density at radius 3 is 2.33 bits per heavy atom. The van der Waals surface area contributed by atoms with Gasteiger partial charge in [0, 0.05) is 16.8 Å². The molecule has 2 rings (SSSR count). The lowest BCUT2D eigenvalue weighted by Crippen LogP contribution is -2.06. The molecule has 0 saturated heterocycles. The minimum atomic E-state index is -0.769. The molecule has 0 spiro atoms. The molecule has 3 heteroatoms. The van der Waals surface area contributed by atoms with Crippen LogP contribution in [0.3, 0.4) is 0 Å². The van der Waals surface area contributed by atoms with Crippen LogP contribution in [0.15, 0.2) is 48.5 Å². The van der Waals surface area contributed by atoms with Crippen LogP contribution in [0.1, 0.15) is 24.2 Å². The van der Waals surface area contributed by atoms with Gasteiger partial charge in [0.15, 0.2) is 0 Å². The standard InChI is InChI=1S/C15H17NO2/c1-2-18-14-10-6-4-8-12(14)15(17)11-7-3-5-9-13(11)16/h3-10,15,17H,2,16H2,1H3. The van der Waals surface area contributed by atoms with E-state index in [1.54, 1.807) is 6.07 Å². The third-order valence-corrected chi connectivity index (χ3v) is 2.80. The average Bonchev–Trinajstić information content (AvgIpc) is 2.40. The van der Waals surface area contributed by atoms with E-state index in [9.17, 15) is 5.11 Å². The fourth-order valence-corrected chi connectivity index (χ4v) is 1.92. The Balaban J connectivity index is 2.40. The first-order valence-corrected chi connectivity index (χ1v) is 5.98. The second-order valence-corrected chi connectivity index (χ2v) is 4.00. The molecule has 0 heterocycles. The highest BCUT2D eigenvalue weighted by Crippen LogP contribution is 2.32. The van der Waals surface area contributed by atoms with Crippen LogP contribution in [0, 0.1) is 0 Å². The first-order valence-electron chi connectivity index (χ1n) is 5.98. The Hall–Kier alpha value is -2.00. The van der Waals surface area contributed by atoms with Gasteiger partial charge in [-0.2, -0.15) is 0 Å². The maximum Gasteiger partial charge on any atom is 0.125 e. The van der Waals surface area contributed by atoms with E-state index >= 15 is 0 Å². The lowest BCUT2D eigenvalue weighted by molar-refractivity contribution is 0.212. The van der Waals surface area contributed by atoms with Crippen LogP contribution in [-0.4, -0.2) is 11.7 Å². The zero-order chi connectivity index (χ0) is 13.0. The van der Waals surface area contributed by atoms with Crippen molar-refractivity contribution in [2.75, 3.05) is 12.3 Å². The van der Waals surface area contributed by atoms with Gasteiger partial charge in [0.25, 0.3) is 0 Å². The molecular weight excluding hydrogens is 226 g/mol. The number of aliphatic hydroxyl groups excluding tert-OH is 1. The Morgan fingerprint density at radius 1 is 1.06 bits per heavy atom. The highest BCUT2D eigenvalue weighted by molar-refractivity contribution is 5.52. The largest absolute Gasteiger partial charge is 0.493 e. The molecule has 0 bridgehead atoms. The first-order chi connectivity index (χ1) is 8.74. The quantitative estimate of drug-likeness (QED) is 0.812. The zero-order valence-electron chi connectivity index (χ0n) is 10.3. The van der Waals surface area contributed by atoms with Crippen molar-refractivity contribution < 1.29 is 9.84 Å². The van der Waals surface area contributed by atoms with Gasteiger partial charge in [-0.05, 0) is 19.1 Å². The van der Waals surface area contributed by atoms with Crippen molar-refractivity contribution in [2.45, 2.75) is 13.0 Å². The molecule has 0 amide bonds. The third-order valence-electron chi connectivity index (χ3n) is 2.80. The SMILES string of the molecule is CCOc1ccccc1C(O)c1ccccc1N. The van der Waals surface area contributed by atoms with E-state index in [-0.39, 0.29) is 0 Å². The molecular formula is C15H17NO2. The topological polar surface area (TPSA) is 55.5 Å². The molecule has 1 unspecified atom stereocenters. The van der Waals surface area contributed by atoms with E-state index in [2.05, 4.69) is 0 Å². The fourth-order valence-electron chi connectivity index (χ4n) is 1.92. The van der Waals surface area contributed by atoms with Crippen molar-refractivity contribution in [1.29, 1.82) is 0 Å². The lowest BCUT2D eigenvalue weighted by Gasteiger charge is -2.17. The van der Waals surface area contributed by atoms with Crippen LogP contribution in [0.25, 0.3) is 0 Å². The van der Waals surface area contributed by atoms with E-state index in [4.69, 9.17) is 10.5 Å². The van der Waals surface area contributed by atoms with Crippen LogP contribution in [0.2, 0.25) is 0 Å². The Morgan fingerprint density at radius 2 is 1.67 bits per heavy atom. The number of aliphatic hydroxyl groups is 1. The summed E-state index contributed by atoms with van der Waals surface area (Å²) in [5.41, 5.74) is 7.89. The van der Waals surface area contributed by atoms with Gasteiger partial charge in [0.2, 0.25) is 0 Å². The van der Waals surface area contributed by atoms with Gasteiger partial charge in [-0.15, -0.1) is 0 Å². The second-order valence-electron chi connectivity index (χ2n) is 4.00. The van der Waals surface area contributed by atoms with E-state index in [0.717, 1.165) is 5.56 Å². The normalized spacial score (nSPS) is 12.1. The number of anilines is 1. The van der Waals surface area contributed by atoms with E-state index in [0.29, 0.717) is 23.6 Å². The van der Waals surface area contributed by atoms with Crippen molar-refractivity contribution in [1.82, 2.24) is 0 Å². The van der Waals surface area contributed by atoms with Crippen LogP contribution >= 0.6 is 0 Å². The molecule has 94 valence electrons. The van der Waals surface area contributed by atoms with Crippen molar-refractivity contribution in [3.8, 4) is 5.75 Å². The van der Waals surface area contributed by atoms with Crippen molar-refractivity contribution in [2.24, 2.45) is 0 Å². The summed E-state index contributed by atoms with van der Waals surface area (Å²) in [6.45, 7) is 2.48. The minimum absolute atomic E-state index is 0.563. The number of rotatable bonds is 4. The Kier molecular flexibility index (Phi) is 3.85. The van der Waals surface area contributed by atoms with Gasteiger partial charge < -0.3 is 15.6 Å². The Labute approximate surface area is 107 Å². The maximum absolute atomic E-state index is 10.4. The maximum atomic E-state index is 10.4. The Bertz CT molecular complexity index is 525. The molecule has 0 aliphatic carbocycles. The van der Waals surface area contributed by atoms with Crippen LogP contribution < -0.4 is 10.5 Å². The molecule has 3 nitrogen and oxygen atoms in total. The molecule has 3 N–H and O–H groups in total. The van der Waals surface area contributed by atoms with Gasteiger partial charge in [-0.3, -0.25) is 0 Å². The molecule has 0 aromatic heterocycles. The summed E-state index contributed by atoms with van der Waals surface area (Å²) in [4.78, 5) is 0. The summed E-state index contributed by atoms with van der Waals surface area (Å²) < 4.78 is 5.52. The molecule has 0 saturated carbocycles. The first kappa shape index (κ1) is 12.5. The van der Waals surface area contributed by atoms with Gasteiger partial charge in [0.1, 0.15) is 11.9 Å². The molecule has 0 aliphatic rings. The summed E-state index contributed by atoms with van der Waals surface area (Å²) in [5, 5.41) is 10.4. The third kappa shape index (κ3) is 2.46. The number of hydrogen-bond donors (Lipinski definition) is 2. The highest BCUT2D eigenvalue weighted by Gasteiger charge is 2.16. The molecule has 0 radical (unpaired) electrons. The zero-order valence-corrected chi connectivity index (χ0v) is 10.3. The number of nitrogen functional groups attached to an aromatic ring is 1. The lowest BCUT2D eigenvalue weighted by atomic mass is 9.99. The summed E-state index contributed by atoms with van der Waals surface area (Å²) in [6.07, 6.45) is -0.769. The fraction of sp³-hybridized carbons (Fsp3) is 0.200. The number of ether oxygens (including phenoxy) is 1. The summed E-state index contributed by atoms with van der Waals surface area (Å²) in [7, 11) is 0. The molecule has 2 aromatic carbocycles. The molecule has 0 fully saturated rings. The molecule has 18 heavy (non-hydrogen) atoms. The van der Waals surface area contributed by atoms with Gasteiger partial charge >= 0.3 is 0 Å². The number of para-hydroxylation sites is 2. The molecule has 2 aromatic rings. The van der Waals surface area contributed by atoms with Gasteiger partial charge in [-0.1, -0.05) is 36.4 Å². The molecule has 1 atom stereocenters. The minimum Gasteiger partial charge on any atom is -0.493 e. The summed E-state index contributed by atoms with van der Waals surface area (Å²) in [6, 6.07) is 14.8.